The van der Waals surface area contributed by atoms with Crippen molar-refractivity contribution in [3.63, 3.8) is 0 Å². The van der Waals surface area contributed by atoms with Crippen molar-refractivity contribution >= 4 is 34.1 Å². The molecule has 0 amide bonds. The van der Waals surface area contributed by atoms with Gasteiger partial charge in [0, 0.05) is 23.2 Å². The average Bonchev–Trinajstić information content (AvgIpc) is 2.49. The number of hydrogen-bond donors (Lipinski definition) is 1. The van der Waals surface area contributed by atoms with Crippen LogP contribution in [0.5, 0.6) is 11.5 Å². The van der Waals surface area contributed by atoms with Gasteiger partial charge in [0.05, 0.1) is 10.5 Å². The molecule has 0 spiro atoms. The number of benzene rings is 2. The number of aromatic nitrogens is 1. The van der Waals surface area contributed by atoms with E-state index in [1.807, 2.05) is 18.2 Å². The molecule has 0 fully saturated rings. The molecule has 3 rings (SSSR count). The molecular formula is C16H12Cl2N2O. The SMILES string of the molecule is NCc1ccc(Oc2ccnc3cc(Cl)ccc23)c(Cl)c1. The maximum absolute atomic E-state index is 6.22. The fourth-order valence-electron chi connectivity index (χ4n) is 2.06. The molecule has 2 N–H and O–H groups in total. The van der Waals surface area contributed by atoms with Crippen molar-refractivity contribution in [1.82, 2.24) is 4.98 Å². The van der Waals surface area contributed by atoms with Crippen LogP contribution in [0.1, 0.15) is 5.56 Å². The fourth-order valence-corrected chi connectivity index (χ4v) is 2.46. The monoisotopic (exact) mass is 318 g/mol. The van der Waals surface area contributed by atoms with Crippen molar-refractivity contribution in [1.29, 1.82) is 0 Å². The van der Waals surface area contributed by atoms with Crippen molar-refractivity contribution in [2.45, 2.75) is 6.54 Å². The van der Waals surface area contributed by atoms with Crippen LogP contribution in [-0.4, -0.2) is 4.98 Å². The van der Waals surface area contributed by atoms with Crippen LogP contribution in [0.2, 0.25) is 10.0 Å². The van der Waals surface area contributed by atoms with E-state index in [1.165, 1.54) is 0 Å². The van der Waals surface area contributed by atoms with Crippen molar-refractivity contribution < 1.29 is 4.74 Å². The number of nitrogens with zero attached hydrogens (tertiary/aromatic N) is 1. The number of rotatable bonds is 3. The molecule has 0 aliphatic heterocycles. The number of nitrogens with two attached hydrogens (primary N) is 1. The lowest BCUT2D eigenvalue weighted by molar-refractivity contribution is 0.488. The first-order valence-corrected chi connectivity index (χ1v) is 7.13. The molecule has 0 unspecified atom stereocenters. The molecule has 0 bridgehead atoms. The van der Waals surface area contributed by atoms with Gasteiger partial charge < -0.3 is 10.5 Å². The predicted octanol–water partition coefficient (Wildman–Crippen LogP) is 4.79. The molecule has 0 radical (unpaired) electrons. The largest absolute Gasteiger partial charge is 0.455 e. The number of ether oxygens (including phenoxy) is 1. The minimum absolute atomic E-state index is 0.441. The predicted molar refractivity (Wildman–Crippen MR) is 86.2 cm³/mol. The zero-order valence-electron chi connectivity index (χ0n) is 11.0. The highest BCUT2D eigenvalue weighted by Crippen LogP contribution is 2.34. The zero-order chi connectivity index (χ0) is 14.8. The summed E-state index contributed by atoms with van der Waals surface area (Å²) < 4.78 is 5.91. The Hall–Kier alpha value is -1.81. The maximum Gasteiger partial charge on any atom is 0.146 e. The van der Waals surface area contributed by atoms with Crippen LogP contribution in [0.3, 0.4) is 0 Å². The molecule has 1 heterocycles. The number of pyridine rings is 1. The van der Waals surface area contributed by atoms with E-state index in [0.717, 1.165) is 16.5 Å². The Kier molecular flexibility index (Phi) is 3.97. The summed E-state index contributed by atoms with van der Waals surface area (Å²) in [6.07, 6.45) is 1.68. The highest BCUT2D eigenvalue weighted by atomic mass is 35.5. The van der Waals surface area contributed by atoms with Crippen LogP contribution in [-0.2, 0) is 6.54 Å². The summed E-state index contributed by atoms with van der Waals surface area (Å²) in [5.74, 6) is 1.26. The quantitative estimate of drug-likeness (QED) is 0.755. The Morgan fingerprint density at radius 2 is 1.86 bits per heavy atom. The Morgan fingerprint density at radius 3 is 2.62 bits per heavy atom. The molecule has 2 aromatic carbocycles. The molecule has 0 aliphatic carbocycles. The second-order valence-electron chi connectivity index (χ2n) is 4.54. The Balaban J connectivity index is 2.02. The molecule has 1 aromatic heterocycles. The van der Waals surface area contributed by atoms with E-state index in [9.17, 15) is 0 Å². The Labute approximate surface area is 132 Å². The van der Waals surface area contributed by atoms with Gasteiger partial charge in [0.2, 0.25) is 0 Å². The van der Waals surface area contributed by atoms with Gasteiger partial charge in [0.1, 0.15) is 11.5 Å². The molecule has 3 nitrogen and oxygen atoms in total. The van der Waals surface area contributed by atoms with Gasteiger partial charge >= 0.3 is 0 Å². The molecule has 5 heteroatoms. The first kappa shape index (κ1) is 14.1. The minimum Gasteiger partial charge on any atom is -0.455 e. The van der Waals surface area contributed by atoms with Crippen molar-refractivity contribution in [2.24, 2.45) is 5.73 Å². The minimum atomic E-state index is 0.441. The van der Waals surface area contributed by atoms with E-state index >= 15 is 0 Å². The van der Waals surface area contributed by atoms with E-state index in [4.69, 9.17) is 33.7 Å². The number of halogens is 2. The van der Waals surface area contributed by atoms with E-state index < -0.39 is 0 Å². The molecular weight excluding hydrogens is 307 g/mol. The van der Waals surface area contributed by atoms with E-state index in [1.54, 1.807) is 30.5 Å². The van der Waals surface area contributed by atoms with Gasteiger partial charge in [-0.05, 0) is 42.0 Å². The average molecular weight is 319 g/mol. The lowest BCUT2D eigenvalue weighted by Gasteiger charge is -2.11. The second-order valence-corrected chi connectivity index (χ2v) is 5.39. The first-order valence-electron chi connectivity index (χ1n) is 6.38. The summed E-state index contributed by atoms with van der Waals surface area (Å²) in [7, 11) is 0. The van der Waals surface area contributed by atoms with E-state index in [-0.39, 0.29) is 0 Å². The van der Waals surface area contributed by atoms with E-state index in [0.29, 0.717) is 28.1 Å². The van der Waals surface area contributed by atoms with Gasteiger partial charge in [0.15, 0.2) is 0 Å². The topological polar surface area (TPSA) is 48.1 Å². The van der Waals surface area contributed by atoms with Crippen LogP contribution < -0.4 is 10.5 Å². The van der Waals surface area contributed by atoms with Gasteiger partial charge in [-0.2, -0.15) is 0 Å². The van der Waals surface area contributed by atoms with Gasteiger partial charge in [-0.3, -0.25) is 4.98 Å². The summed E-state index contributed by atoms with van der Waals surface area (Å²) in [5.41, 5.74) is 7.32. The molecule has 0 saturated heterocycles. The van der Waals surface area contributed by atoms with Crippen molar-refractivity contribution in [3.05, 3.63) is 64.3 Å². The van der Waals surface area contributed by atoms with Gasteiger partial charge in [-0.25, -0.2) is 0 Å². The first-order chi connectivity index (χ1) is 10.2. The molecule has 21 heavy (non-hydrogen) atoms. The van der Waals surface area contributed by atoms with Crippen LogP contribution in [0, 0.1) is 0 Å². The summed E-state index contributed by atoms with van der Waals surface area (Å²) in [6, 6.07) is 12.8. The summed E-state index contributed by atoms with van der Waals surface area (Å²) in [5, 5.41) is 2.04. The third-order valence-corrected chi connectivity index (χ3v) is 3.65. The van der Waals surface area contributed by atoms with Crippen molar-refractivity contribution in [3.8, 4) is 11.5 Å². The molecule has 106 valence electrons. The summed E-state index contributed by atoms with van der Waals surface area (Å²) in [4.78, 5) is 4.28. The highest BCUT2D eigenvalue weighted by Gasteiger charge is 2.08. The van der Waals surface area contributed by atoms with E-state index in [2.05, 4.69) is 4.98 Å². The van der Waals surface area contributed by atoms with Gasteiger partial charge in [-0.15, -0.1) is 0 Å². The molecule has 3 aromatic rings. The second kappa shape index (κ2) is 5.90. The Morgan fingerprint density at radius 1 is 1.00 bits per heavy atom. The third-order valence-electron chi connectivity index (χ3n) is 3.12. The molecule has 0 aliphatic rings. The lowest BCUT2D eigenvalue weighted by atomic mass is 10.2. The highest BCUT2D eigenvalue weighted by molar-refractivity contribution is 6.32. The summed E-state index contributed by atoms with van der Waals surface area (Å²) in [6.45, 7) is 0.441. The fraction of sp³-hybridized carbons (Fsp3) is 0.0625. The van der Waals surface area contributed by atoms with Crippen LogP contribution >= 0.6 is 23.2 Å². The summed E-state index contributed by atoms with van der Waals surface area (Å²) >= 11 is 12.2. The van der Waals surface area contributed by atoms with Gasteiger partial charge in [-0.1, -0.05) is 29.3 Å². The van der Waals surface area contributed by atoms with Crippen LogP contribution in [0.25, 0.3) is 10.9 Å². The smallest absolute Gasteiger partial charge is 0.146 e. The third kappa shape index (κ3) is 2.95. The zero-order valence-corrected chi connectivity index (χ0v) is 12.5. The normalized spacial score (nSPS) is 10.8. The lowest BCUT2D eigenvalue weighted by Crippen LogP contribution is -1.96. The van der Waals surface area contributed by atoms with Crippen molar-refractivity contribution in [2.75, 3.05) is 0 Å². The Bertz CT molecular complexity index is 805. The molecule has 0 atom stereocenters. The van der Waals surface area contributed by atoms with Crippen LogP contribution in [0.4, 0.5) is 0 Å². The van der Waals surface area contributed by atoms with Crippen LogP contribution in [0.15, 0.2) is 48.7 Å². The molecule has 0 saturated carbocycles. The number of hydrogen-bond acceptors (Lipinski definition) is 3. The standard InChI is InChI=1S/C16H12Cl2N2O/c17-11-2-3-12-14(8-11)20-6-5-15(12)21-16-4-1-10(9-19)7-13(16)18/h1-8H,9,19H2. The number of fused-ring (bicyclic) bond motifs is 1. The maximum atomic E-state index is 6.22. The van der Waals surface area contributed by atoms with Gasteiger partial charge in [0.25, 0.3) is 0 Å².